The second-order valence-electron chi connectivity index (χ2n) is 3.92. The molecule has 94 valence electrons. The van der Waals surface area contributed by atoms with Gasteiger partial charge in [0.1, 0.15) is 5.57 Å². The molecule has 0 spiro atoms. The summed E-state index contributed by atoms with van der Waals surface area (Å²) < 4.78 is 63.6. The lowest BCUT2D eigenvalue weighted by atomic mass is 10.2. The number of halogens is 5. The number of alkyl halides is 5. The van der Waals surface area contributed by atoms with Crippen LogP contribution in [0.15, 0.2) is 12.2 Å². The second kappa shape index (κ2) is 4.69. The molecule has 1 aliphatic heterocycles. The smallest absolute Gasteiger partial charge is 0.240 e. The van der Waals surface area contributed by atoms with E-state index in [4.69, 9.17) is 0 Å². The fraction of sp³-hybridized carbons (Fsp3) is 0.800. The van der Waals surface area contributed by atoms with Gasteiger partial charge in [-0.1, -0.05) is 19.4 Å². The molecule has 0 bridgehead atoms. The van der Waals surface area contributed by atoms with Crippen LogP contribution in [0.1, 0.15) is 25.7 Å². The van der Waals surface area contributed by atoms with Crippen LogP contribution in [0, 0.1) is 0 Å². The largest absolute Gasteiger partial charge is 0.419 e. The highest BCUT2D eigenvalue weighted by Crippen LogP contribution is 2.39. The molecule has 0 unspecified atom stereocenters. The predicted molar refractivity (Wildman–Crippen MR) is 50.2 cm³/mol. The lowest BCUT2D eigenvalue weighted by Gasteiger charge is -2.31. The fourth-order valence-electron chi connectivity index (χ4n) is 1.71. The Bertz CT molecular complexity index is 250. The van der Waals surface area contributed by atoms with Crippen LogP contribution in [-0.2, 0) is 0 Å². The topological polar surface area (TPSA) is 3.24 Å². The summed E-state index contributed by atoms with van der Waals surface area (Å²) in [7, 11) is 0. The van der Waals surface area contributed by atoms with Gasteiger partial charge in [-0.2, -0.15) is 22.0 Å². The van der Waals surface area contributed by atoms with Crippen LogP contribution >= 0.6 is 0 Å². The Hall–Kier alpha value is -0.650. The molecular formula is C10H14F5N. The van der Waals surface area contributed by atoms with Gasteiger partial charge in [0.25, 0.3) is 0 Å². The number of nitrogens with zero attached hydrogens (tertiary/aromatic N) is 1. The maximum Gasteiger partial charge on any atom is 0.419 e. The first-order valence-electron chi connectivity index (χ1n) is 5.15. The number of rotatable bonds is 2. The second-order valence-corrected chi connectivity index (χ2v) is 3.92. The molecule has 1 saturated heterocycles. The number of likely N-dealkylation sites (tertiary alicyclic amines) is 1. The van der Waals surface area contributed by atoms with Gasteiger partial charge in [-0.15, -0.1) is 0 Å². The van der Waals surface area contributed by atoms with Crippen molar-refractivity contribution in [3.05, 3.63) is 12.2 Å². The summed E-state index contributed by atoms with van der Waals surface area (Å²) in [6.07, 6.45) is -2.48. The van der Waals surface area contributed by atoms with E-state index < -0.39 is 17.8 Å². The van der Waals surface area contributed by atoms with Crippen molar-refractivity contribution >= 4 is 0 Å². The first-order chi connectivity index (χ1) is 7.26. The summed E-state index contributed by atoms with van der Waals surface area (Å²) in [5.41, 5.74) is -1.97. The molecule has 1 fully saturated rings. The zero-order valence-corrected chi connectivity index (χ0v) is 8.79. The van der Waals surface area contributed by atoms with Gasteiger partial charge in [-0.05, 0) is 12.8 Å². The molecule has 1 aliphatic rings. The Balaban J connectivity index is 2.78. The summed E-state index contributed by atoms with van der Waals surface area (Å²) >= 11 is 0. The minimum absolute atomic E-state index is 0.0118. The summed E-state index contributed by atoms with van der Waals surface area (Å²) in [5.74, 6) is 0. The van der Waals surface area contributed by atoms with Gasteiger partial charge in [0.15, 0.2) is 0 Å². The third-order valence-corrected chi connectivity index (χ3v) is 2.71. The lowest BCUT2D eigenvalue weighted by Crippen LogP contribution is -2.46. The Morgan fingerprint density at radius 1 is 0.875 bits per heavy atom. The minimum atomic E-state index is -5.05. The third-order valence-electron chi connectivity index (χ3n) is 2.71. The van der Waals surface area contributed by atoms with Crippen LogP contribution in [0.5, 0.6) is 0 Å². The monoisotopic (exact) mass is 243 g/mol. The van der Waals surface area contributed by atoms with Crippen LogP contribution in [0.4, 0.5) is 22.0 Å². The standard InChI is InChI=1S/C10H14F5N/c1-8(9(11,12)13)10(14,15)16-6-4-2-3-5-7-16/h1-7H2. The Kier molecular flexibility index (Phi) is 3.93. The molecule has 1 nitrogen and oxygen atoms in total. The van der Waals surface area contributed by atoms with E-state index in [2.05, 4.69) is 6.58 Å². The number of hydrogen-bond donors (Lipinski definition) is 0. The number of hydrogen-bond acceptors (Lipinski definition) is 1. The third kappa shape index (κ3) is 2.93. The van der Waals surface area contributed by atoms with Crippen LogP contribution < -0.4 is 0 Å². The molecule has 0 aromatic carbocycles. The highest BCUT2D eigenvalue weighted by atomic mass is 19.4. The lowest BCUT2D eigenvalue weighted by molar-refractivity contribution is -0.178. The Labute approximate surface area is 90.9 Å². The van der Waals surface area contributed by atoms with Crippen molar-refractivity contribution < 1.29 is 22.0 Å². The average Bonchev–Trinajstić information content (AvgIpc) is 2.43. The van der Waals surface area contributed by atoms with Crippen molar-refractivity contribution in [3.63, 3.8) is 0 Å². The van der Waals surface area contributed by atoms with Gasteiger partial charge >= 0.3 is 12.2 Å². The van der Waals surface area contributed by atoms with E-state index in [0.717, 1.165) is 12.8 Å². The highest BCUT2D eigenvalue weighted by molar-refractivity contribution is 5.13. The SMILES string of the molecule is C=C(C(F)(F)F)C(F)(F)N1CCCCCC1. The van der Waals surface area contributed by atoms with Crippen molar-refractivity contribution in [2.24, 2.45) is 0 Å². The van der Waals surface area contributed by atoms with E-state index in [1.54, 1.807) is 0 Å². The van der Waals surface area contributed by atoms with E-state index in [0.29, 0.717) is 17.7 Å². The molecule has 6 heteroatoms. The molecule has 0 saturated carbocycles. The predicted octanol–water partition coefficient (Wildman–Crippen LogP) is 3.57. The van der Waals surface area contributed by atoms with Crippen molar-refractivity contribution in [2.45, 2.75) is 37.9 Å². The highest BCUT2D eigenvalue weighted by Gasteiger charge is 2.52. The van der Waals surface area contributed by atoms with E-state index >= 15 is 0 Å². The van der Waals surface area contributed by atoms with Crippen molar-refractivity contribution in [3.8, 4) is 0 Å². The molecule has 0 amide bonds. The van der Waals surface area contributed by atoms with Crippen molar-refractivity contribution in [1.82, 2.24) is 4.90 Å². The molecule has 1 heterocycles. The first kappa shape index (κ1) is 13.4. The van der Waals surface area contributed by atoms with Crippen LogP contribution in [0.3, 0.4) is 0 Å². The van der Waals surface area contributed by atoms with E-state index in [-0.39, 0.29) is 13.1 Å². The zero-order chi connectivity index (χ0) is 12.4. The van der Waals surface area contributed by atoms with Gasteiger partial charge in [0.2, 0.25) is 0 Å². The van der Waals surface area contributed by atoms with E-state index in [1.165, 1.54) is 0 Å². The Morgan fingerprint density at radius 2 is 1.31 bits per heavy atom. The van der Waals surface area contributed by atoms with Crippen molar-refractivity contribution in [2.75, 3.05) is 13.1 Å². The molecule has 0 aromatic rings. The van der Waals surface area contributed by atoms with Gasteiger partial charge in [-0.3, -0.25) is 0 Å². The van der Waals surface area contributed by atoms with Crippen LogP contribution in [0.2, 0.25) is 0 Å². The molecule has 0 radical (unpaired) electrons. The quantitative estimate of drug-likeness (QED) is 0.407. The van der Waals surface area contributed by atoms with Gasteiger partial charge in [-0.25, -0.2) is 4.90 Å². The normalized spacial score (nSPS) is 20.6. The fourth-order valence-corrected chi connectivity index (χ4v) is 1.71. The maximum atomic E-state index is 13.5. The molecule has 0 atom stereocenters. The summed E-state index contributed by atoms with van der Waals surface area (Å²) in [5, 5.41) is 0. The van der Waals surface area contributed by atoms with Crippen LogP contribution in [-0.4, -0.2) is 30.2 Å². The molecular weight excluding hydrogens is 229 g/mol. The summed E-state index contributed by atoms with van der Waals surface area (Å²) in [6.45, 7) is 2.46. The molecule has 16 heavy (non-hydrogen) atoms. The summed E-state index contributed by atoms with van der Waals surface area (Å²) in [4.78, 5) is 0.579. The molecule has 0 N–H and O–H groups in total. The Morgan fingerprint density at radius 3 is 1.69 bits per heavy atom. The van der Waals surface area contributed by atoms with Crippen LogP contribution in [0.25, 0.3) is 0 Å². The van der Waals surface area contributed by atoms with E-state index in [9.17, 15) is 22.0 Å². The molecule has 1 rings (SSSR count). The van der Waals surface area contributed by atoms with Gasteiger partial charge in [0, 0.05) is 13.1 Å². The minimum Gasteiger partial charge on any atom is -0.240 e. The van der Waals surface area contributed by atoms with Crippen molar-refractivity contribution in [1.29, 1.82) is 0 Å². The summed E-state index contributed by atoms with van der Waals surface area (Å²) in [6, 6.07) is -3.98. The average molecular weight is 243 g/mol. The van der Waals surface area contributed by atoms with Gasteiger partial charge in [0.05, 0.1) is 0 Å². The molecule has 0 aliphatic carbocycles. The maximum absolute atomic E-state index is 13.5. The van der Waals surface area contributed by atoms with E-state index in [1.807, 2.05) is 0 Å². The zero-order valence-electron chi connectivity index (χ0n) is 8.79. The molecule has 0 aromatic heterocycles. The first-order valence-corrected chi connectivity index (χ1v) is 5.15. The van der Waals surface area contributed by atoms with Gasteiger partial charge < -0.3 is 0 Å².